The van der Waals surface area contributed by atoms with Crippen molar-refractivity contribution in [2.75, 3.05) is 4.90 Å². The molecule has 5 rings (SSSR count). The predicted molar refractivity (Wildman–Crippen MR) is 144 cm³/mol. The molecule has 1 aliphatic heterocycles. The second-order valence-corrected chi connectivity index (χ2v) is 9.31. The highest BCUT2D eigenvalue weighted by Crippen LogP contribution is 2.39. The normalized spacial score (nSPS) is 15.7. The third-order valence-electron chi connectivity index (χ3n) is 5.81. The first kappa shape index (κ1) is 23.4. The molecule has 6 nitrogen and oxygen atoms in total. The number of carbonyl (C=O) groups is 2. The van der Waals surface area contributed by atoms with Crippen LogP contribution in [0.5, 0.6) is 0 Å². The molecule has 1 aromatic heterocycles. The second-order valence-electron chi connectivity index (χ2n) is 8.30. The first-order valence-electron chi connectivity index (χ1n) is 11.3. The average Bonchev–Trinajstić information content (AvgIpc) is 3.46. The lowest BCUT2D eigenvalue weighted by atomic mass is 10.1. The molecule has 1 N–H and O–H groups in total. The van der Waals surface area contributed by atoms with Gasteiger partial charge in [-0.15, -0.1) is 0 Å². The van der Waals surface area contributed by atoms with Gasteiger partial charge in [-0.05, 0) is 73.1 Å². The molecule has 1 aliphatic rings. The maximum absolute atomic E-state index is 13.6. The number of thioether (sulfide) groups is 1. The largest absolute Gasteiger partial charge is 0.478 e. The Balaban J connectivity index is 1.51. The molecular formula is C29H22N2O4S. The van der Waals surface area contributed by atoms with Gasteiger partial charge in [0.05, 0.1) is 21.8 Å². The highest BCUT2D eigenvalue weighted by atomic mass is 32.2. The van der Waals surface area contributed by atoms with Gasteiger partial charge in [0.25, 0.3) is 5.91 Å². The number of amides is 1. The molecule has 3 aromatic carbocycles. The van der Waals surface area contributed by atoms with Crippen molar-refractivity contribution in [3.05, 3.63) is 112 Å². The number of aliphatic imine (C=N–C) groups is 1. The first-order valence-corrected chi connectivity index (χ1v) is 12.1. The van der Waals surface area contributed by atoms with E-state index in [2.05, 4.69) is 0 Å². The highest BCUT2D eigenvalue weighted by molar-refractivity contribution is 8.19. The van der Waals surface area contributed by atoms with Gasteiger partial charge in [-0.1, -0.05) is 48.5 Å². The molecule has 0 spiro atoms. The van der Waals surface area contributed by atoms with Crippen LogP contribution in [0.1, 0.15) is 27.2 Å². The molecule has 0 aliphatic carbocycles. The molecule has 36 heavy (non-hydrogen) atoms. The zero-order chi connectivity index (χ0) is 25.2. The van der Waals surface area contributed by atoms with E-state index in [1.807, 2.05) is 62.4 Å². The number of nitrogens with zero attached hydrogens (tertiary/aromatic N) is 2. The number of rotatable bonds is 5. The number of aromatic carboxylic acids is 1. The molecule has 1 fully saturated rings. The number of carboxylic acids is 1. The molecule has 4 aromatic rings. The fraction of sp³-hybridized carbons (Fsp3) is 0.0690. The maximum atomic E-state index is 13.6. The van der Waals surface area contributed by atoms with Gasteiger partial charge in [0.2, 0.25) is 0 Å². The van der Waals surface area contributed by atoms with E-state index in [9.17, 15) is 9.59 Å². The van der Waals surface area contributed by atoms with Crippen LogP contribution in [0.2, 0.25) is 0 Å². The number of benzene rings is 3. The van der Waals surface area contributed by atoms with Crippen molar-refractivity contribution in [2.45, 2.75) is 13.8 Å². The fourth-order valence-corrected chi connectivity index (χ4v) is 4.83. The van der Waals surface area contributed by atoms with Gasteiger partial charge in [0.15, 0.2) is 5.17 Å². The Hall–Kier alpha value is -4.36. The molecule has 0 unspecified atom stereocenters. The number of aryl methyl sites for hydroxylation is 2. The van der Waals surface area contributed by atoms with E-state index in [-0.39, 0.29) is 11.5 Å². The minimum Gasteiger partial charge on any atom is -0.478 e. The van der Waals surface area contributed by atoms with Crippen LogP contribution in [0.25, 0.3) is 17.4 Å². The monoisotopic (exact) mass is 494 g/mol. The second kappa shape index (κ2) is 9.71. The van der Waals surface area contributed by atoms with E-state index < -0.39 is 5.97 Å². The Labute approximate surface area is 212 Å². The summed E-state index contributed by atoms with van der Waals surface area (Å²) >= 11 is 1.30. The maximum Gasteiger partial charge on any atom is 0.335 e. The Bertz CT molecular complexity index is 1530. The summed E-state index contributed by atoms with van der Waals surface area (Å²) in [7, 11) is 0. The van der Waals surface area contributed by atoms with Crippen LogP contribution in [0.15, 0.2) is 99.2 Å². The van der Waals surface area contributed by atoms with Gasteiger partial charge in [-0.3, -0.25) is 9.69 Å². The van der Waals surface area contributed by atoms with Gasteiger partial charge in [-0.2, -0.15) is 0 Å². The Morgan fingerprint density at radius 1 is 0.917 bits per heavy atom. The summed E-state index contributed by atoms with van der Waals surface area (Å²) in [4.78, 5) is 31.7. The zero-order valence-corrected chi connectivity index (χ0v) is 20.5. The Morgan fingerprint density at radius 2 is 1.61 bits per heavy atom. The quantitative estimate of drug-likeness (QED) is 0.300. The number of anilines is 1. The van der Waals surface area contributed by atoms with Crippen molar-refractivity contribution >= 4 is 46.3 Å². The van der Waals surface area contributed by atoms with Crippen LogP contribution < -0.4 is 4.90 Å². The van der Waals surface area contributed by atoms with E-state index in [4.69, 9.17) is 14.5 Å². The van der Waals surface area contributed by atoms with E-state index in [1.54, 1.807) is 35.2 Å². The third-order valence-corrected chi connectivity index (χ3v) is 6.78. The molecular weight excluding hydrogens is 472 g/mol. The zero-order valence-electron chi connectivity index (χ0n) is 19.6. The Kier molecular flexibility index (Phi) is 6.31. The SMILES string of the molecule is Cc1ccccc1N=C1S/C(=C\c2ccc(-c3ccc(C(=O)O)cc3)o2)C(=O)N1c1ccccc1C. The molecule has 0 atom stereocenters. The van der Waals surface area contributed by atoms with Crippen LogP contribution in [0, 0.1) is 13.8 Å². The summed E-state index contributed by atoms with van der Waals surface area (Å²) in [5.74, 6) is -0.0567. The van der Waals surface area contributed by atoms with Crippen LogP contribution in [-0.2, 0) is 4.79 Å². The minimum absolute atomic E-state index is 0.176. The number of carboxylic acid groups (broad SMARTS) is 1. The van der Waals surface area contributed by atoms with Crippen LogP contribution >= 0.6 is 11.8 Å². The van der Waals surface area contributed by atoms with Gasteiger partial charge in [-0.25, -0.2) is 9.79 Å². The van der Waals surface area contributed by atoms with Gasteiger partial charge < -0.3 is 9.52 Å². The van der Waals surface area contributed by atoms with Crippen molar-refractivity contribution in [2.24, 2.45) is 4.99 Å². The van der Waals surface area contributed by atoms with Crippen molar-refractivity contribution in [3.63, 3.8) is 0 Å². The number of amidine groups is 1. The van der Waals surface area contributed by atoms with Crippen molar-refractivity contribution in [1.82, 2.24) is 0 Å². The smallest absolute Gasteiger partial charge is 0.335 e. The summed E-state index contributed by atoms with van der Waals surface area (Å²) in [6.07, 6.45) is 1.72. The number of carbonyl (C=O) groups excluding carboxylic acids is 1. The third kappa shape index (κ3) is 4.61. The van der Waals surface area contributed by atoms with Crippen molar-refractivity contribution in [3.8, 4) is 11.3 Å². The average molecular weight is 495 g/mol. The number of furan rings is 1. The van der Waals surface area contributed by atoms with Crippen molar-refractivity contribution < 1.29 is 19.1 Å². The summed E-state index contributed by atoms with van der Waals surface area (Å²) in [5.41, 5.74) is 4.53. The molecule has 7 heteroatoms. The standard InChI is InChI=1S/C29H22N2O4S/c1-18-7-3-5-9-23(18)30-29-31(24-10-6-4-8-19(24)2)27(32)26(36-29)17-22-15-16-25(35-22)20-11-13-21(14-12-20)28(33)34/h3-17H,1-2H3,(H,33,34)/b26-17-,30-29?. The van der Waals surface area contributed by atoms with E-state index in [1.165, 1.54) is 23.9 Å². The highest BCUT2D eigenvalue weighted by Gasteiger charge is 2.35. The van der Waals surface area contributed by atoms with Gasteiger partial charge in [0.1, 0.15) is 11.5 Å². The van der Waals surface area contributed by atoms with Crippen LogP contribution in [-0.4, -0.2) is 22.2 Å². The Morgan fingerprint density at radius 3 is 2.31 bits per heavy atom. The van der Waals surface area contributed by atoms with Crippen LogP contribution in [0.4, 0.5) is 11.4 Å². The predicted octanol–water partition coefficient (Wildman–Crippen LogP) is 7.07. The minimum atomic E-state index is -0.982. The lowest BCUT2D eigenvalue weighted by Crippen LogP contribution is -2.29. The van der Waals surface area contributed by atoms with Crippen LogP contribution in [0.3, 0.4) is 0 Å². The topological polar surface area (TPSA) is 83.1 Å². The lowest BCUT2D eigenvalue weighted by molar-refractivity contribution is -0.113. The van der Waals surface area contributed by atoms with Gasteiger partial charge in [0, 0.05) is 11.6 Å². The van der Waals surface area contributed by atoms with E-state index in [0.29, 0.717) is 21.6 Å². The number of hydrogen-bond donors (Lipinski definition) is 1. The lowest BCUT2D eigenvalue weighted by Gasteiger charge is -2.18. The van der Waals surface area contributed by atoms with Crippen molar-refractivity contribution in [1.29, 1.82) is 0 Å². The number of hydrogen-bond acceptors (Lipinski definition) is 5. The summed E-state index contributed by atoms with van der Waals surface area (Å²) in [5, 5.41) is 9.68. The molecule has 0 saturated carbocycles. The number of para-hydroxylation sites is 2. The molecule has 1 amide bonds. The molecule has 0 radical (unpaired) electrons. The van der Waals surface area contributed by atoms with E-state index >= 15 is 0 Å². The summed E-state index contributed by atoms with van der Waals surface area (Å²) < 4.78 is 5.97. The molecule has 2 heterocycles. The van der Waals surface area contributed by atoms with Gasteiger partial charge >= 0.3 is 5.97 Å². The summed E-state index contributed by atoms with van der Waals surface area (Å²) in [6, 6.07) is 25.6. The molecule has 1 saturated heterocycles. The molecule has 0 bridgehead atoms. The fourth-order valence-electron chi connectivity index (χ4n) is 3.86. The summed E-state index contributed by atoms with van der Waals surface area (Å²) in [6.45, 7) is 3.96. The molecule has 178 valence electrons. The first-order chi connectivity index (χ1) is 17.4. The van der Waals surface area contributed by atoms with E-state index in [0.717, 1.165) is 28.1 Å².